The van der Waals surface area contributed by atoms with Crippen LogP contribution in [0.1, 0.15) is 11.3 Å². The van der Waals surface area contributed by atoms with E-state index in [2.05, 4.69) is 39.0 Å². The third-order valence-corrected chi connectivity index (χ3v) is 3.92. The molecule has 21 heavy (non-hydrogen) atoms. The zero-order chi connectivity index (χ0) is 15.4. The Morgan fingerprint density at radius 2 is 1.95 bits per heavy atom. The molecule has 1 aromatic heterocycles. The van der Waals surface area contributed by atoms with Gasteiger partial charge in [-0.05, 0) is 25.1 Å². The van der Waals surface area contributed by atoms with Crippen molar-refractivity contribution in [2.24, 2.45) is 0 Å². The first-order valence-corrected chi connectivity index (χ1v) is 7.61. The molecule has 0 aliphatic rings. The third-order valence-electron chi connectivity index (χ3n) is 3.43. The van der Waals surface area contributed by atoms with Crippen molar-refractivity contribution < 1.29 is 0 Å². The first-order valence-electron chi connectivity index (χ1n) is 6.82. The van der Waals surface area contributed by atoms with Crippen LogP contribution in [-0.4, -0.2) is 23.0 Å². The standard InChI is InChI=1S/C17H19BrN2O/c1-4-8-20(9-5-2)11-15-12(3)19-16-7-6-13(18)10-14(16)17(15)21/h4-7,10H,1-2,8-9,11H2,3H3,(H,19,21). The van der Waals surface area contributed by atoms with Crippen molar-refractivity contribution in [3.63, 3.8) is 0 Å². The molecule has 0 aliphatic carbocycles. The number of pyridine rings is 1. The topological polar surface area (TPSA) is 36.1 Å². The van der Waals surface area contributed by atoms with Gasteiger partial charge in [-0.15, -0.1) is 13.2 Å². The number of nitrogens with one attached hydrogen (secondary N) is 1. The fourth-order valence-electron chi connectivity index (χ4n) is 2.41. The predicted octanol–water partition coefficient (Wildman–Crippen LogP) is 3.77. The van der Waals surface area contributed by atoms with Gasteiger partial charge in [-0.3, -0.25) is 9.69 Å². The maximum Gasteiger partial charge on any atom is 0.194 e. The van der Waals surface area contributed by atoms with Crippen molar-refractivity contribution in [1.29, 1.82) is 0 Å². The SMILES string of the molecule is C=CCN(CC=C)Cc1c(C)[nH]c2ccc(Br)cc2c1=O. The summed E-state index contributed by atoms with van der Waals surface area (Å²) in [5.74, 6) is 0. The van der Waals surface area contributed by atoms with E-state index < -0.39 is 0 Å². The molecular formula is C17H19BrN2O. The molecule has 4 heteroatoms. The van der Waals surface area contributed by atoms with Gasteiger partial charge in [-0.25, -0.2) is 0 Å². The van der Waals surface area contributed by atoms with Crippen LogP contribution in [0.5, 0.6) is 0 Å². The molecule has 0 amide bonds. The normalized spacial score (nSPS) is 11.0. The number of rotatable bonds is 6. The van der Waals surface area contributed by atoms with Gasteiger partial charge in [-0.1, -0.05) is 28.1 Å². The van der Waals surface area contributed by atoms with Gasteiger partial charge in [0.2, 0.25) is 0 Å². The number of hydrogen-bond acceptors (Lipinski definition) is 2. The maximum atomic E-state index is 12.7. The second kappa shape index (κ2) is 6.87. The number of hydrogen-bond donors (Lipinski definition) is 1. The summed E-state index contributed by atoms with van der Waals surface area (Å²) in [5, 5.41) is 0.710. The summed E-state index contributed by atoms with van der Waals surface area (Å²) in [6, 6.07) is 5.71. The highest BCUT2D eigenvalue weighted by Crippen LogP contribution is 2.18. The van der Waals surface area contributed by atoms with Crippen LogP contribution in [0.4, 0.5) is 0 Å². The molecule has 3 nitrogen and oxygen atoms in total. The van der Waals surface area contributed by atoms with Gasteiger partial charge in [0.1, 0.15) is 0 Å². The largest absolute Gasteiger partial charge is 0.358 e. The fourth-order valence-corrected chi connectivity index (χ4v) is 2.77. The first kappa shape index (κ1) is 15.7. The monoisotopic (exact) mass is 346 g/mol. The quantitative estimate of drug-likeness (QED) is 0.808. The first-order chi connectivity index (χ1) is 10.1. The number of aromatic nitrogens is 1. The minimum Gasteiger partial charge on any atom is -0.358 e. The summed E-state index contributed by atoms with van der Waals surface area (Å²) in [6.07, 6.45) is 3.68. The van der Waals surface area contributed by atoms with Gasteiger partial charge in [0.05, 0.1) is 0 Å². The number of aromatic amines is 1. The average Bonchev–Trinajstić information content (AvgIpc) is 2.45. The van der Waals surface area contributed by atoms with E-state index in [1.807, 2.05) is 37.3 Å². The van der Waals surface area contributed by atoms with E-state index in [-0.39, 0.29) is 5.43 Å². The lowest BCUT2D eigenvalue weighted by atomic mass is 10.1. The maximum absolute atomic E-state index is 12.7. The van der Waals surface area contributed by atoms with Crippen LogP contribution in [0.3, 0.4) is 0 Å². The van der Waals surface area contributed by atoms with E-state index in [0.717, 1.165) is 34.3 Å². The summed E-state index contributed by atoms with van der Waals surface area (Å²) >= 11 is 3.42. The average molecular weight is 347 g/mol. The molecule has 0 aliphatic heterocycles. The molecule has 0 saturated carbocycles. The zero-order valence-electron chi connectivity index (χ0n) is 12.2. The van der Waals surface area contributed by atoms with Gasteiger partial charge in [0, 0.05) is 46.3 Å². The Morgan fingerprint density at radius 1 is 1.29 bits per heavy atom. The summed E-state index contributed by atoms with van der Waals surface area (Å²) in [6.45, 7) is 11.5. The fraction of sp³-hybridized carbons (Fsp3) is 0.235. The van der Waals surface area contributed by atoms with Crippen LogP contribution < -0.4 is 5.43 Å². The number of H-pyrrole nitrogens is 1. The van der Waals surface area contributed by atoms with E-state index in [1.165, 1.54) is 0 Å². The lowest BCUT2D eigenvalue weighted by Gasteiger charge is -2.19. The number of halogens is 1. The van der Waals surface area contributed by atoms with Crippen LogP contribution >= 0.6 is 15.9 Å². The molecule has 1 N–H and O–H groups in total. The Bertz CT molecular complexity index is 723. The van der Waals surface area contributed by atoms with Crippen LogP contribution in [0.25, 0.3) is 10.9 Å². The van der Waals surface area contributed by atoms with Gasteiger partial charge in [-0.2, -0.15) is 0 Å². The molecule has 110 valence electrons. The molecule has 0 radical (unpaired) electrons. The molecule has 0 fully saturated rings. The Hall–Kier alpha value is -1.65. The van der Waals surface area contributed by atoms with Gasteiger partial charge in [0.15, 0.2) is 5.43 Å². The van der Waals surface area contributed by atoms with Crippen LogP contribution in [0.15, 0.2) is 52.8 Å². The van der Waals surface area contributed by atoms with E-state index in [0.29, 0.717) is 11.9 Å². The molecule has 0 unspecified atom stereocenters. The molecule has 2 aromatic rings. The van der Waals surface area contributed by atoms with E-state index in [9.17, 15) is 4.79 Å². The van der Waals surface area contributed by atoms with Crippen LogP contribution in [0, 0.1) is 6.92 Å². The van der Waals surface area contributed by atoms with E-state index in [1.54, 1.807) is 0 Å². The Morgan fingerprint density at radius 3 is 2.57 bits per heavy atom. The summed E-state index contributed by atoms with van der Waals surface area (Å²) in [4.78, 5) is 18.2. The molecule has 0 saturated heterocycles. The molecule has 2 rings (SSSR count). The van der Waals surface area contributed by atoms with Crippen LogP contribution in [0.2, 0.25) is 0 Å². The number of benzene rings is 1. The second-order valence-electron chi connectivity index (χ2n) is 5.02. The van der Waals surface area contributed by atoms with Gasteiger partial charge < -0.3 is 4.98 Å². The Kier molecular flexibility index (Phi) is 5.15. The highest BCUT2D eigenvalue weighted by molar-refractivity contribution is 9.10. The molecule has 0 atom stereocenters. The van der Waals surface area contributed by atoms with E-state index >= 15 is 0 Å². The highest BCUT2D eigenvalue weighted by Gasteiger charge is 2.12. The van der Waals surface area contributed by atoms with Crippen molar-refractivity contribution in [3.05, 3.63) is 69.5 Å². The summed E-state index contributed by atoms with van der Waals surface area (Å²) < 4.78 is 0.907. The van der Waals surface area contributed by atoms with E-state index in [4.69, 9.17) is 0 Å². The zero-order valence-corrected chi connectivity index (χ0v) is 13.7. The van der Waals surface area contributed by atoms with Gasteiger partial charge in [0.25, 0.3) is 0 Å². The van der Waals surface area contributed by atoms with Crippen molar-refractivity contribution in [2.75, 3.05) is 13.1 Å². The van der Waals surface area contributed by atoms with Crippen molar-refractivity contribution in [3.8, 4) is 0 Å². The van der Waals surface area contributed by atoms with Crippen LogP contribution in [-0.2, 0) is 6.54 Å². The summed E-state index contributed by atoms with van der Waals surface area (Å²) in [7, 11) is 0. The highest BCUT2D eigenvalue weighted by atomic mass is 79.9. The molecule has 0 spiro atoms. The second-order valence-corrected chi connectivity index (χ2v) is 5.93. The smallest absolute Gasteiger partial charge is 0.194 e. The van der Waals surface area contributed by atoms with Gasteiger partial charge >= 0.3 is 0 Å². The van der Waals surface area contributed by atoms with Crippen molar-refractivity contribution in [1.82, 2.24) is 9.88 Å². The predicted molar refractivity (Wildman–Crippen MR) is 92.7 cm³/mol. The van der Waals surface area contributed by atoms with Crippen molar-refractivity contribution >= 4 is 26.8 Å². The lowest BCUT2D eigenvalue weighted by Crippen LogP contribution is -2.27. The number of aryl methyl sites for hydroxylation is 1. The molecule has 1 aromatic carbocycles. The molecular weight excluding hydrogens is 328 g/mol. The van der Waals surface area contributed by atoms with Crippen molar-refractivity contribution in [2.45, 2.75) is 13.5 Å². The molecule has 1 heterocycles. The third kappa shape index (κ3) is 3.52. The Labute approximate surface area is 133 Å². The number of fused-ring (bicyclic) bond motifs is 1. The molecule has 0 bridgehead atoms. The minimum atomic E-state index is 0.0840. The summed E-state index contributed by atoms with van der Waals surface area (Å²) in [5.41, 5.74) is 2.65. The Balaban J connectivity index is 2.50. The minimum absolute atomic E-state index is 0.0840. The number of nitrogens with zero attached hydrogens (tertiary/aromatic N) is 1. The lowest BCUT2D eigenvalue weighted by molar-refractivity contribution is 0.326.